The Bertz CT molecular complexity index is 148. The fraction of sp³-hybridized carbons (Fsp3) is 1.00. The fourth-order valence-corrected chi connectivity index (χ4v) is 2.35. The van der Waals surface area contributed by atoms with E-state index in [9.17, 15) is 0 Å². The molecule has 0 aliphatic carbocycles. The van der Waals surface area contributed by atoms with Crippen molar-refractivity contribution in [1.82, 2.24) is 5.32 Å². The van der Waals surface area contributed by atoms with Crippen LogP contribution in [-0.2, 0) is 4.74 Å². The molecule has 0 aromatic rings. The Morgan fingerprint density at radius 2 is 2.00 bits per heavy atom. The second-order valence-electron chi connectivity index (χ2n) is 4.70. The standard InChI is InChI=1S/C10H19NO/c1-10(7-12-8-10)6-9-2-4-11-5-3-9/h9,11H,2-8H2,1H3. The summed E-state index contributed by atoms with van der Waals surface area (Å²) in [4.78, 5) is 0. The van der Waals surface area contributed by atoms with Crippen LogP contribution in [0.3, 0.4) is 0 Å². The van der Waals surface area contributed by atoms with E-state index in [0.29, 0.717) is 5.41 Å². The lowest BCUT2D eigenvalue weighted by atomic mass is 9.76. The Morgan fingerprint density at radius 3 is 2.50 bits per heavy atom. The molecule has 2 nitrogen and oxygen atoms in total. The van der Waals surface area contributed by atoms with Gasteiger partial charge in [-0.25, -0.2) is 0 Å². The summed E-state index contributed by atoms with van der Waals surface area (Å²) >= 11 is 0. The molecule has 0 spiro atoms. The third kappa shape index (κ3) is 1.80. The molecular weight excluding hydrogens is 150 g/mol. The van der Waals surface area contributed by atoms with Crippen LogP contribution in [0, 0.1) is 11.3 Å². The van der Waals surface area contributed by atoms with E-state index in [1.54, 1.807) is 0 Å². The maximum atomic E-state index is 5.26. The summed E-state index contributed by atoms with van der Waals surface area (Å²) in [6.45, 7) is 6.80. The van der Waals surface area contributed by atoms with Crippen molar-refractivity contribution in [2.75, 3.05) is 26.3 Å². The molecule has 0 aromatic heterocycles. The number of rotatable bonds is 2. The average molecular weight is 169 g/mol. The number of hydrogen-bond donors (Lipinski definition) is 1. The van der Waals surface area contributed by atoms with Gasteiger partial charge in [0.05, 0.1) is 13.2 Å². The molecular formula is C10H19NO. The van der Waals surface area contributed by atoms with Crippen LogP contribution in [0.15, 0.2) is 0 Å². The molecule has 2 rings (SSSR count). The van der Waals surface area contributed by atoms with Crippen LogP contribution in [0.25, 0.3) is 0 Å². The zero-order valence-corrected chi connectivity index (χ0v) is 7.94. The Balaban J connectivity index is 1.77. The fourth-order valence-electron chi connectivity index (χ4n) is 2.35. The van der Waals surface area contributed by atoms with E-state index in [1.807, 2.05) is 0 Å². The molecule has 0 saturated carbocycles. The molecule has 2 aliphatic heterocycles. The largest absolute Gasteiger partial charge is 0.380 e. The molecule has 0 amide bonds. The topological polar surface area (TPSA) is 21.3 Å². The van der Waals surface area contributed by atoms with Crippen LogP contribution >= 0.6 is 0 Å². The summed E-state index contributed by atoms with van der Waals surface area (Å²) < 4.78 is 5.26. The second-order valence-corrected chi connectivity index (χ2v) is 4.70. The summed E-state index contributed by atoms with van der Waals surface area (Å²) in [7, 11) is 0. The molecule has 0 radical (unpaired) electrons. The first-order valence-corrected chi connectivity index (χ1v) is 5.07. The monoisotopic (exact) mass is 169 g/mol. The predicted octanol–water partition coefficient (Wildman–Crippen LogP) is 1.41. The third-order valence-electron chi connectivity index (χ3n) is 3.14. The van der Waals surface area contributed by atoms with Crippen molar-refractivity contribution in [3.8, 4) is 0 Å². The SMILES string of the molecule is CC1(CC2CCNCC2)COC1. The Labute approximate surface area is 74.7 Å². The van der Waals surface area contributed by atoms with Crippen molar-refractivity contribution >= 4 is 0 Å². The van der Waals surface area contributed by atoms with E-state index in [-0.39, 0.29) is 0 Å². The van der Waals surface area contributed by atoms with Crippen LogP contribution in [0.4, 0.5) is 0 Å². The average Bonchev–Trinajstić information content (AvgIpc) is 2.04. The minimum absolute atomic E-state index is 0.530. The molecule has 2 saturated heterocycles. The molecule has 2 fully saturated rings. The van der Waals surface area contributed by atoms with Gasteiger partial charge in [-0.05, 0) is 38.3 Å². The molecule has 0 bridgehead atoms. The molecule has 0 atom stereocenters. The quantitative estimate of drug-likeness (QED) is 0.675. The minimum atomic E-state index is 0.530. The molecule has 1 N–H and O–H groups in total. The van der Waals surface area contributed by atoms with Crippen LogP contribution in [-0.4, -0.2) is 26.3 Å². The first-order valence-electron chi connectivity index (χ1n) is 5.07. The van der Waals surface area contributed by atoms with Gasteiger partial charge in [-0.1, -0.05) is 6.92 Å². The van der Waals surface area contributed by atoms with Crippen molar-refractivity contribution in [2.24, 2.45) is 11.3 Å². The van der Waals surface area contributed by atoms with Gasteiger partial charge in [0.2, 0.25) is 0 Å². The number of hydrogen-bond acceptors (Lipinski definition) is 2. The highest BCUT2D eigenvalue weighted by atomic mass is 16.5. The molecule has 0 aromatic carbocycles. The van der Waals surface area contributed by atoms with E-state index in [4.69, 9.17) is 4.74 Å². The lowest BCUT2D eigenvalue weighted by Crippen LogP contribution is -2.42. The van der Waals surface area contributed by atoms with E-state index >= 15 is 0 Å². The highest BCUT2D eigenvalue weighted by molar-refractivity contribution is 4.84. The van der Waals surface area contributed by atoms with Gasteiger partial charge >= 0.3 is 0 Å². The third-order valence-corrected chi connectivity index (χ3v) is 3.14. The first-order chi connectivity index (χ1) is 5.79. The van der Waals surface area contributed by atoms with Crippen LogP contribution in [0.1, 0.15) is 26.2 Å². The highest BCUT2D eigenvalue weighted by Gasteiger charge is 2.35. The van der Waals surface area contributed by atoms with Gasteiger partial charge in [0, 0.05) is 5.41 Å². The smallest absolute Gasteiger partial charge is 0.0542 e. The maximum absolute atomic E-state index is 5.26. The number of ether oxygens (including phenoxy) is 1. The summed E-state index contributed by atoms with van der Waals surface area (Å²) in [6.07, 6.45) is 4.12. The van der Waals surface area contributed by atoms with E-state index < -0.39 is 0 Å². The minimum Gasteiger partial charge on any atom is -0.380 e. The van der Waals surface area contributed by atoms with Crippen molar-refractivity contribution in [1.29, 1.82) is 0 Å². The first kappa shape index (κ1) is 8.52. The zero-order chi connectivity index (χ0) is 8.44. The highest BCUT2D eigenvalue weighted by Crippen LogP contribution is 2.36. The van der Waals surface area contributed by atoms with Gasteiger partial charge in [-0.15, -0.1) is 0 Å². The summed E-state index contributed by atoms with van der Waals surface area (Å²) in [5, 5.41) is 3.41. The molecule has 2 heteroatoms. The normalized spacial score (nSPS) is 29.8. The maximum Gasteiger partial charge on any atom is 0.0542 e. The zero-order valence-electron chi connectivity index (χ0n) is 7.94. The summed E-state index contributed by atoms with van der Waals surface area (Å²) in [5.74, 6) is 0.958. The number of nitrogens with one attached hydrogen (secondary N) is 1. The van der Waals surface area contributed by atoms with Gasteiger partial charge < -0.3 is 10.1 Å². The van der Waals surface area contributed by atoms with Gasteiger partial charge in [0.1, 0.15) is 0 Å². The molecule has 2 heterocycles. The van der Waals surface area contributed by atoms with E-state index in [2.05, 4.69) is 12.2 Å². The van der Waals surface area contributed by atoms with Crippen molar-refractivity contribution < 1.29 is 4.74 Å². The van der Waals surface area contributed by atoms with Crippen LogP contribution in [0.2, 0.25) is 0 Å². The van der Waals surface area contributed by atoms with Crippen molar-refractivity contribution in [3.63, 3.8) is 0 Å². The van der Waals surface area contributed by atoms with Crippen LogP contribution in [0.5, 0.6) is 0 Å². The summed E-state index contributed by atoms with van der Waals surface area (Å²) in [5.41, 5.74) is 0.530. The van der Waals surface area contributed by atoms with Gasteiger partial charge in [-0.2, -0.15) is 0 Å². The number of piperidine rings is 1. The van der Waals surface area contributed by atoms with Crippen molar-refractivity contribution in [3.05, 3.63) is 0 Å². The Hall–Kier alpha value is -0.0800. The van der Waals surface area contributed by atoms with Gasteiger partial charge in [0.15, 0.2) is 0 Å². The van der Waals surface area contributed by atoms with Gasteiger partial charge in [0.25, 0.3) is 0 Å². The lowest BCUT2D eigenvalue weighted by Gasteiger charge is -2.41. The molecule has 0 unspecified atom stereocenters. The lowest BCUT2D eigenvalue weighted by molar-refractivity contribution is -0.114. The van der Waals surface area contributed by atoms with Crippen LogP contribution < -0.4 is 5.32 Å². The second kappa shape index (κ2) is 3.35. The molecule has 70 valence electrons. The van der Waals surface area contributed by atoms with Crippen molar-refractivity contribution in [2.45, 2.75) is 26.2 Å². The molecule has 12 heavy (non-hydrogen) atoms. The Morgan fingerprint density at radius 1 is 1.33 bits per heavy atom. The predicted molar refractivity (Wildman–Crippen MR) is 49.1 cm³/mol. The Kier molecular flexibility index (Phi) is 2.37. The van der Waals surface area contributed by atoms with Gasteiger partial charge in [-0.3, -0.25) is 0 Å². The summed E-state index contributed by atoms with van der Waals surface area (Å²) in [6, 6.07) is 0. The molecule has 2 aliphatic rings. The van der Waals surface area contributed by atoms with E-state index in [1.165, 1.54) is 32.4 Å². The van der Waals surface area contributed by atoms with E-state index in [0.717, 1.165) is 19.1 Å².